The van der Waals surface area contributed by atoms with Crippen LogP contribution in [0.5, 0.6) is 0 Å². The molecule has 2 unspecified atom stereocenters. The average molecular weight is 379 g/mol. The molecule has 0 radical (unpaired) electrons. The fraction of sp³-hybridized carbons (Fsp3) is 0.526. The summed E-state index contributed by atoms with van der Waals surface area (Å²) in [7, 11) is 0. The van der Waals surface area contributed by atoms with Crippen LogP contribution in [0.25, 0.3) is 0 Å². The van der Waals surface area contributed by atoms with Crippen molar-refractivity contribution in [3.63, 3.8) is 0 Å². The van der Waals surface area contributed by atoms with Crippen LogP contribution in [0.4, 0.5) is 4.79 Å². The number of hydrogen-bond donors (Lipinski definition) is 2. The molecule has 1 saturated heterocycles. The summed E-state index contributed by atoms with van der Waals surface area (Å²) < 4.78 is 10.9. The van der Waals surface area contributed by atoms with Gasteiger partial charge in [-0.05, 0) is 39.2 Å². The van der Waals surface area contributed by atoms with E-state index in [1.54, 1.807) is 20.8 Å². The van der Waals surface area contributed by atoms with Crippen molar-refractivity contribution in [2.24, 2.45) is 0 Å². The zero-order valence-corrected chi connectivity index (χ0v) is 15.7. The largest absolute Gasteiger partial charge is 0.480 e. The lowest BCUT2D eigenvalue weighted by atomic mass is 9.97. The Balaban J connectivity index is 2.25. The van der Waals surface area contributed by atoms with Crippen molar-refractivity contribution in [2.45, 2.75) is 57.4 Å². The van der Waals surface area contributed by atoms with Crippen LogP contribution in [0, 0.1) is 0 Å². The quantitative estimate of drug-likeness (QED) is 0.781. The number of carboxylic acid groups (broad SMARTS) is 2. The molecule has 2 N–H and O–H groups in total. The minimum absolute atomic E-state index is 0.00950. The van der Waals surface area contributed by atoms with Gasteiger partial charge in [-0.25, -0.2) is 14.4 Å². The average Bonchev–Trinajstić information content (AvgIpc) is 2.95. The summed E-state index contributed by atoms with van der Waals surface area (Å²) in [6.07, 6.45) is -0.999. The van der Waals surface area contributed by atoms with Gasteiger partial charge in [-0.2, -0.15) is 0 Å². The number of ether oxygens (including phenoxy) is 2. The van der Waals surface area contributed by atoms with Gasteiger partial charge in [0, 0.05) is 0 Å². The Morgan fingerprint density at radius 3 is 2.33 bits per heavy atom. The van der Waals surface area contributed by atoms with Gasteiger partial charge in [0.2, 0.25) is 0 Å². The van der Waals surface area contributed by atoms with Crippen molar-refractivity contribution >= 4 is 18.0 Å². The highest BCUT2D eigenvalue weighted by Crippen LogP contribution is 2.36. The van der Waals surface area contributed by atoms with Gasteiger partial charge in [0.1, 0.15) is 11.6 Å². The van der Waals surface area contributed by atoms with E-state index in [1.807, 2.05) is 30.3 Å². The molecule has 0 spiro atoms. The smallest absolute Gasteiger partial charge is 0.412 e. The Morgan fingerprint density at radius 1 is 1.19 bits per heavy atom. The first-order valence-electron chi connectivity index (χ1n) is 8.67. The van der Waals surface area contributed by atoms with E-state index in [1.165, 1.54) is 0 Å². The SMILES string of the molecule is CC(C)(C)OC(=O)N1C(C(=O)O)CCC1(COCc1ccccc1)C(=O)O. The molecule has 1 aromatic rings. The minimum Gasteiger partial charge on any atom is -0.480 e. The predicted octanol–water partition coefficient (Wildman–Crippen LogP) is 2.51. The van der Waals surface area contributed by atoms with E-state index in [0.29, 0.717) is 0 Å². The summed E-state index contributed by atoms with van der Waals surface area (Å²) in [5, 5.41) is 19.3. The standard InChI is InChI=1S/C19H25NO7/c1-18(2,3)27-17(25)20-14(15(21)22)9-10-19(20,16(23)24)12-26-11-13-7-5-4-6-8-13/h4-8,14H,9-12H2,1-3H3,(H,21,22)(H,23,24). The number of carbonyl (C=O) groups is 3. The molecule has 1 heterocycles. The highest BCUT2D eigenvalue weighted by atomic mass is 16.6. The molecule has 8 nitrogen and oxygen atoms in total. The van der Waals surface area contributed by atoms with Gasteiger partial charge in [-0.3, -0.25) is 4.90 Å². The molecule has 1 fully saturated rings. The minimum atomic E-state index is -1.79. The summed E-state index contributed by atoms with van der Waals surface area (Å²) in [5.41, 5.74) is -1.84. The lowest BCUT2D eigenvalue weighted by Gasteiger charge is -2.37. The molecule has 1 aromatic carbocycles. The van der Waals surface area contributed by atoms with Gasteiger partial charge in [0.15, 0.2) is 5.54 Å². The molecule has 1 aliphatic rings. The number of aliphatic carboxylic acids is 2. The van der Waals surface area contributed by atoms with Crippen LogP contribution in [0.2, 0.25) is 0 Å². The van der Waals surface area contributed by atoms with Gasteiger partial charge in [0.25, 0.3) is 0 Å². The molecule has 1 aliphatic heterocycles. The topological polar surface area (TPSA) is 113 Å². The van der Waals surface area contributed by atoms with E-state index in [2.05, 4.69) is 0 Å². The molecular weight excluding hydrogens is 354 g/mol. The third-order valence-corrected chi connectivity index (χ3v) is 4.33. The molecule has 0 bridgehead atoms. The first-order valence-corrected chi connectivity index (χ1v) is 8.67. The molecule has 8 heteroatoms. The number of hydrogen-bond acceptors (Lipinski definition) is 5. The Labute approximate surface area is 157 Å². The summed E-state index contributed by atoms with van der Waals surface area (Å²) in [5.74, 6) is -2.59. The summed E-state index contributed by atoms with van der Waals surface area (Å²) in [6, 6.07) is 7.88. The van der Waals surface area contributed by atoms with E-state index >= 15 is 0 Å². The third-order valence-electron chi connectivity index (χ3n) is 4.33. The number of carbonyl (C=O) groups excluding carboxylic acids is 1. The second kappa shape index (κ2) is 7.96. The second-order valence-electron chi connectivity index (χ2n) is 7.56. The van der Waals surface area contributed by atoms with Crippen LogP contribution in [0.1, 0.15) is 39.2 Å². The molecule has 27 heavy (non-hydrogen) atoms. The van der Waals surface area contributed by atoms with Crippen molar-refractivity contribution in [3.8, 4) is 0 Å². The van der Waals surface area contributed by atoms with Crippen molar-refractivity contribution in [1.29, 1.82) is 0 Å². The van der Waals surface area contributed by atoms with Crippen LogP contribution < -0.4 is 0 Å². The van der Waals surface area contributed by atoms with Crippen molar-refractivity contribution in [1.82, 2.24) is 4.90 Å². The monoisotopic (exact) mass is 379 g/mol. The molecule has 148 valence electrons. The summed E-state index contributed by atoms with van der Waals surface area (Å²) in [6.45, 7) is 4.71. The lowest BCUT2D eigenvalue weighted by Crippen LogP contribution is -2.60. The maximum absolute atomic E-state index is 12.7. The maximum atomic E-state index is 12.7. The zero-order chi connectivity index (χ0) is 20.2. The molecule has 0 aromatic heterocycles. The van der Waals surface area contributed by atoms with Crippen LogP contribution in [0.3, 0.4) is 0 Å². The lowest BCUT2D eigenvalue weighted by molar-refractivity contribution is -0.157. The number of amides is 1. The van der Waals surface area contributed by atoms with Gasteiger partial charge in [-0.15, -0.1) is 0 Å². The van der Waals surface area contributed by atoms with Gasteiger partial charge in [0.05, 0.1) is 13.2 Å². The van der Waals surface area contributed by atoms with Crippen LogP contribution in [0.15, 0.2) is 30.3 Å². The highest BCUT2D eigenvalue weighted by molar-refractivity contribution is 5.90. The fourth-order valence-electron chi connectivity index (χ4n) is 3.10. The molecule has 2 rings (SSSR count). The molecule has 2 atom stereocenters. The summed E-state index contributed by atoms with van der Waals surface area (Å²) in [4.78, 5) is 37.2. The Morgan fingerprint density at radius 2 is 1.81 bits per heavy atom. The molecule has 0 aliphatic carbocycles. The van der Waals surface area contributed by atoms with E-state index in [0.717, 1.165) is 10.5 Å². The number of benzene rings is 1. The Kier molecular flexibility index (Phi) is 6.10. The zero-order valence-electron chi connectivity index (χ0n) is 15.7. The van der Waals surface area contributed by atoms with Gasteiger partial charge < -0.3 is 19.7 Å². The Bertz CT molecular complexity index is 698. The van der Waals surface area contributed by atoms with E-state index in [-0.39, 0.29) is 26.1 Å². The van der Waals surface area contributed by atoms with Crippen molar-refractivity contribution in [3.05, 3.63) is 35.9 Å². The fourth-order valence-corrected chi connectivity index (χ4v) is 3.10. The molecular formula is C19H25NO7. The number of rotatable bonds is 6. The number of nitrogens with zero attached hydrogens (tertiary/aromatic N) is 1. The second-order valence-corrected chi connectivity index (χ2v) is 7.56. The molecule has 1 amide bonds. The molecule has 0 saturated carbocycles. The highest BCUT2D eigenvalue weighted by Gasteiger charge is 2.58. The number of carboxylic acids is 2. The van der Waals surface area contributed by atoms with Crippen molar-refractivity contribution < 1.29 is 34.1 Å². The van der Waals surface area contributed by atoms with Crippen LogP contribution in [-0.2, 0) is 25.7 Å². The third kappa shape index (κ3) is 4.77. The van der Waals surface area contributed by atoms with E-state index in [9.17, 15) is 24.6 Å². The van der Waals surface area contributed by atoms with Crippen LogP contribution >= 0.6 is 0 Å². The van der Waals surface area contributed by atoms with Crippen LogP contribution in [-0.4, -0.2) is 56.9 Å². The van der Waals surface area contributed by atoms with Crippen molar-refractivity contribution in [2.75, 3.05) is 6.61 Å². The van der Waals surface area contributed by atoms with E-state index < -0.39 is 35.2 Å². The van der Waals surface area contributed by atoms with E-state index in [4.69, 9.17) is 9.47 Å². The van der Waals surface area contributed by atoms with Gasteiger partial charge >= 0.3 is 18.0 Å². The first-order chi connectivity index (χ1) is 12.6. The Hall–Kier alpha value is -2.61. The number of likely N-dealkylation sites (tertiary alicyclic amines) is 1. The summed E-state index contributed by atoms with van der Waals surface area (Å²) >= 11 is 0. The first kappa shape index (κ1) is 20.7. The maximum Gasteiger partial charge on any atom is 0.412 e. The predicted molar refractivity (Wildman–Crippen MR) is 95.2 cm³/mol. The normalized spacial score (nSPS) is 22.5. The van der Waals surface area contributed by atoms with Gasteiger partial charge in [-0.1, -0.05) is 30.3 Å².